The average Bonchev–Trinajstić information content (AvgIpc) is 2.37. The van der Waals surface area contributed by atoms with Crippen LogP contribution in [0.25, 0.3) is 0 Å². The van der Waals surface area contributed by atoms with Crippen molar-refractivity contribution in [2.75, 3.05) is 0 Å². The summed E-state index contributed by atoms with van der Waals surface area (Å²) in [4.78, 5) is 2.08. The summed E-state index contributed by atoms with van der Waals surface area (Å²) in [7, 11) is 0. The molecule has 1 aliphatic heterocycles. The Hall–Kier alpha value is -1.42. The Morgan fingerprint density at radius 2 is 1.55 bits per heavy atom. The molecule has 4 heteroatoms. The summed E-state index contributed by atoms with van der Waals surface area (Å²) in [5, 5.41) is 0. The zero-order valence-electron chi connectivity index (χ0n) is 10.7. The van der Waals surface area contributed by atoms with Gasteiger partial charge in [0.1, 0.15) is 0 Å². The average molecular weight is 294 g/mol. The minimum Gasteiger partial charge on any atom is -0.166 e. The molecule has 1 heterocycles. The smallest absolute Gasteiger partial charge is 0.166 e. The van der Waals surface area contributed by atoms with Gasteiger partial charge in [-0.1, -0.05) is 30.0 Å². The molecule has 0 amide bonds. The number of hydrogen-bond acceptors (Lipinski definition) is 1. The van der Waals surface area contributed by atoms with Crippen LogP contribution in [-0.4, -0.2) is 0 Å². The predicted molar refractivity (Wildman–Crippen MR) is 74.0 cm³/mol. The third kappa shape index (κ3) is 2.70. The summed E-state index contributed by atoms with van der Waals surface area (Å²) in [6, 6.07) is 12.2. The van der Waals surface area contributed by atoms with Gasteiger partial charge in [-0.15, -0.1) is 0 Å². The summed E-state index contributed by atoms with van der Waals surface area (Å²) < 4.78 is 38.3. The van der Waals surface area contributed by atoms with E-state index in [-0.39, 0.29) is 0 Å². The lowest BCUT2D eigenvalue weighted by molar-refractivity contribution is -0.137. The minimum atomic E-state index is -4.26. The maximum atomic E-state index is 12.8. The monoisotopic (exact) mass is 294 g/mol. The molecule has 104 valence electrons. The number of halogens is 3. The summed E-state index contributed by atoms with van der Waals surface area (Å²) in [6.07, 6.45) is -1.77. The van der Waals surface area contributed by atoms with Crippen LogP contribution in [0.15, 0.2) is 52.3 Å². The van der Waals surface area contributed by atoms with Crippen LogP contribution in [0.5, 0.6) is 0 Å². The third-order valence-corrected chi connectivity index (χ3v) is 4.71. The van der Waals surface area contributed by atoms with Gasteiger partial charge in [0.25, 0.3) is 0 Å². The highest BCUT2D eigenvalue weighted by Gasteiger charge is 2.31. The Bertz CT molecular complexity index is 632. The highest BCUT2D eigenvalue weighted by Crippen LogP contribution is 2.39. The van der Waals surface area contributed by atoms with Gasteiger partial charge in [0.2, 0.25) is 0 Å². The molecule has 0 aromatic heterocycles. The van der Waals surface area contributed by atoms with E-state index in [0.717, 1.165) is 28.2 Å². The lowest BCUT2D eigenvalue weighted by atomic mass is 10.0. The lowest BCUT2D eigenvalue weighted by Gasteiger charge is -2.18. The molecule has 0 radical (unpaired) electrons. The minimum absolute atomic E-state index is 0.550. The second-order valence-electron chi connectivity index (χ2n) is 4.88. The topological polar surface area (TPSA) is 0 Å². The standard InChI is InChI=1S/C16H13F3S/c17-16(18,19)13-8-9-15-12(10-13)6-3-5-11-4-1-2-7-14(11)20-15/h1-2,4,7-10H,3,5-6H2. The highest BCUT2D eigenvalue weighted by atomic mass is 32.2. The van der Waals surface area contributed by atoms with E-state index in [1.165, 1.54) is 17.7 Å². The molecule has 0 saturated heterocycles. The second kappa shape index (κ2) is 5.17. The number of aryl methyl sites for hydroxylation is 2. The van der Waals surface area contributed by atoms with Crippen LogP contribution in [0.3, 0.4) is 0 Å². The van der Waals surface area contributed by atoms with E-state index in [1.54, 1.807) is 17.8 Å². The fraction of sp³-hybridized carbons (Fsp3) is 0.250. The Balaban J connectivity index is 2.01. The van der Waals surface area contributed by atoms with Crippen molar-refractivity contribution >= 4 is 11.8 Å². The zero-order valence-corrected chi connectivity index (χ0v) is 11.5. The molecule has 0 nitrogen and oxygen atoms in total. The van der Waals surface area contributed by atoms with Gasteiger partial charge >= 0.3 is 6.18 Å². The second-order valence-corrected chi connectivity index (χ2v) is 5.97. The molecule has 0 spiro atoms. The van der Waals surface area contributed by atoms with Crippen molar-refractivity contribution in [3.8, 4) is 0 Å². The SMILES string of the molecule is FC(F)(F)c1ccc2c(c1)CCCc1ccccc1S2. The summed E-state index contributed by atoms with van der Waals surface area (Å²) in [5.74, 6) is 0. The van der Waals surface area contributed by atoms with Gasteiger partial charge in [-0.3, -0.25) is 0 Å². The van der Waals surface area contributed by atoms with Crippen molar-refractivity contribution in [3.05, 3.63) is 59.2 Å². The first-order chi connectivity index (χ1) is 9.54. The molecular weight excluding hydrogens is 281 g/mol. The molecule has 2 aromatic carbocycles. The fourth-order valence-corrected chi connectivity index (χ4v) is 3.56. The molecule has 0 N–H and O–H groups in total. The highest BCUT2D eigenvalue weighted by molar-refractivity contribution is 7.99. The maximum Gasteiger partial charge on any atom is 0.416 e. The van der Waals surface area contributed by atoms with Gasteiger partial charge in [0.15, 0.2) is 0 Å². The van der Waals surface area contributed by atoms with Crippen molar-refractivity contribution in [1.82, 2.24) is 0 Å². The Kier molecular flexibility index (Phi) is 3.50. The van der Waals surface area contributed by atoms with Crippen LogP contribution in [0.1, 0.15) is 23.1 Å². The first kappa shape index (κ1) is 13.6. The van der Waals surface area contributed by atoms with Crippen LogP contribution in [0.4, 0.5) is 13.2 Å². The zero-order chi connectivity index (χ0) is 14.2. The summed E-state index contributed by atoms with van der Waals surface area (Å²) >= 11 is 1.57. The summed E-state index contributed by atoms with van der Waals surface area (Å²) in [5.41, 5.74) is 1.54. The van der Waals surface area contributed by atoms with Crippen LogP contribution in [-0.2, 0) is 19.0 Å². The van der Waals surface area contributed by atoms with Gasteiger partial charge < -0.3 is 0 Å². The first-order valence-corrected chi connectivity index (χ1v) is 7.31. The van der Waals surface area contributed by atoms with E-state index < -0.39 is 11.7 Å². The van der Waals surface area contributed by atoms with E-state index >= 15 is 0 Å². The molecule has 0 bridgehead atoms. The Labute approximate surface area is 120 Å². The quantitative estimate of drug-likeness (QED) is 0.631. The molecule has 0 fully saturated rings. The Morgan fingerprint density at radius 3 is 2.35 bits per heavy atom. The lowest BCUT2D eigenvalue weighted by Crippen LogP contribution is -2.07. The first-order valence-electron chi connectivity index (χ1n) is 6.50. The van der Waals surface area contributed by atoms with E-state index in [4.69, 9.17) is 0 Å². The molecule has 2 aromatic rings. The Morgan fingerprint density at radius 1 is 0.850 bits per heavy atom. The number of hydrogen-bond donors (Lipinski definition) is 0. The van der Waals surface area contributed by atoms with Crippen molar-refractivity contribution < 1.29 is 13.2 Å². The third-order valence-electron chi connectivity index (χ3n) is 3.47. The number of benzene rings is 2. The van der Waals surface area contributed by atoms with Crippen LogP contribution in [0.2, 0.25) is 0 Å². The number of fused-ring (bicyclic) bond motifs is 2. The van der Waals surface area contributed by atoms with Gasteiger partial charge in [-0.05, 0) is 54.7 Å². The largest absolute Gasteiger partial charge is 0.416 e. The van der Waals surface area contributed by atoms with Crippen LogP contribution in [0, 0.1) is 0 Å². The van der Waals surface area contributed by atoms with Crippen molar-refractivity contribution in [3.63, 3.8) is 0 Å². The molecule has 3 rings (SSSR count). The van der Waals surface area contributed by atoms with E-state index in [9.17, 15) is 13.2 Å². The van der Waals surface area contributed by atoms with Crippen LogP contribution >= 0.6 is 11.8 Å². The normalized spacial score (nSPS) is 14.9. The molecule has 0 saturated carbocycles. The van der Waals surface area contributed by atoms with Crippen molar-refractivity contribution in [2.45, 2.75) is 35.2 Å². The molecule has 20 heavy (non-hydrogen) atoms. The molecule has 1 aliphatic rings. The van der Waals surface area contributed by atoms with Gasteiger partial charge in [0.05, 0.1) is 5.56 Å². The predicted octanol–water partition coefficient (Wildman–Crippen LogP) is 5.35. The van der Waals surface area contributed by atoms with Crippen LogP contribution < -0.4 is 0 Å². The summed E-state index contributed by atoms with van der Waals surface area (Å²) in [6.45, 7) is 0. The number of alkyl halides is 3. The van der Waals surface area contributed by atoms with E-state index in [1.807, 2.05) is 18.2 Å². The number of rotatable bonds is 0. The molecule has 0 unspecified atom stereocenters. The fourth-order valence-electron chi connectivity index (χ4n) is 2.45. The van der Waals surface area contributed by atoms with Crippen molar-refractivity contribution in [2.24, 2.45) is 0 Å². The maximum absolute atomic E-state index is 12.8. The molecule has 0 atom stereocenters. The van der Waals surface area contributed by atoms with Gasteiger partial charge in [-0.25, -0.2) is 0 Å². The van der Waals surface area contributed by atoms with E-state index in [2.05, 4.69) is 6.07 Å². The van der Waals surface area contributed by atoms with Gasteiger partial charge in [0, 0.05) is 9.79 Å². The van der Waals surface area contributed by atoms with Gasteiger partial charge in [-0.2, -0.15) is 13.2 Å². The van der Waals surface area contributed by atoms with E-state index in [0.29, 0.717) is 6.42 Å². The molecule has 0 aliphatic carbocycles. The molecular formula is C16H13F3S. The van der Waals surface area contributed by atoms with Crippen molar-refractivity contribution in [1.29, 1.82) is 0 Å².